The Morgan fingerprint density at radius 3 is 3.25 bits per heavy atom. The number of hydrogen-bond donors (Lipinski definition) is 0. The van der Waals surface area contributed by atoms with E-state index in [0.717, 1.165) is 22.4 Å². The van der Waals surface area contributed by atoms with E-state index in [-0.39, 0.29) is 0 Å². The molecule has 0 bridgehead atoms. The largest absolute Gasteiger partial charge is 0.294 e. The van der Waals surface area contributed by atoms with E-state index in [1.54, 1.807) is 6.20 Å². The molecule has 58 valence electrons. The molecule has 0 aliphatic carbocycles. The molecule has 0 fully saturated rings. The molecule has 0 radical (unpaired) electrons. The van der Waals surface area contributed by atoms with Crippen molar-refractivity contribution >= 4 is 17.4 Å². The van der Waals surface area contributed by atoms with E-state index in [2.05, 4.69) is 4.98 Å². The SMILES string of the molecule is N#CSc1cnc2ccccn12. The number of rotatable bonds is 1. The van der Waals surface area contributed by atoms with Crippen molar-refractivity contribution in [1.82, 2.24) is 9.38 Å². The minimum Gasteiger partial charge on any atom is -0.294 e. The highest BCUT2D eigenvalue weighted by Crippen LogP contribution is 2.17. The van der Waals surface area contributed by atoms with Gasteiger partial charge in [-0.2, -0.15) is 5.26 Å². The van der Waals surface area contributed by atoms with Gasteiger partial charge in [0.15, 0.2) is 0 Å². The van der Waals surface area contributed by atoms with Crippen LogP contribution in [0.2, 0.25) is 0 Å². The molecule has 0 aliphatic rings. The van der Waals surface area contributed by atoms with Crippen LogP contribution < -0.4 is 0 Å². The number of nitriles is 1. The fourth-order valence-corrected chi connectivity index (χ4v) is 1.48. The highest BCUT2D eigenvalue weighted by Gasteiger charge is 2.00. The summed E-state index contributed by atoms with van der Waals surface area (Å²) in [5, 5.41) is 11.3. The van der Waals surface area contributed by atoms with E-state index in [1.165, 1.54) is 0 Å². The third kappa shape index (κ3) is 1.04. The lowest BCUT2D eigenvalue weighted by Crippen LogP contribution is -1.82. The number of thiocyanates is 1. The first-order chi connectivity index (χ1) is 5.92. The maximum atomic E-state index is 8.47. The maximum absolute atomic E-state index is 8.47. The molecule has 4 heteroatoms. The van der Waals surface area contributed by atoms with Gasteiger partial charge >= 0.3 is 0 Å². The molecular formula is C8H5N3S. The Balaban J connectivity index is 2.64. The van der Waals surface area contributed by atoms with Crippen molar-refractivity contribution in [2.45, 2.75) is 5.03 Å². The van der Waals surface area contributed by atoms with Gasteiger partial charge in [0.1, 0.15) is 16.1 Å². The molecule has 0 amide bonds. The zero-order chi connectivity index (χ0) is 8.39. The van der Waals surface area contributed by atoms with Crippen LogP contribution in [0.4, 0.5) is 0 Å². The smallest absolute Gasteiger partial charge is 0.140 e. The first-order valence-corrected chi connectivity index (χ1v) is 4.21. The first-order valence-electron chi connectivity index (χ1n) is 3.40. The van der Waals surface area contributed by atoms with E-state index in [1.807, 2.05) is 34.2 Å². The van der Waals surface area contributed by atoms with Gasteiger partial charge in [-0.05, 0) is 12.1 Å². The van der Waals surface area contributed by atoms with E-state index < -0.39 is 0 Å². The van der Waals surface area contributed by atoms with Gasteiger partial charge in [0.25, 0.3) is 0 Å². The second-order valence-corrected chi connectivity index (χ2v) is 3.02. The summed E-state index contributed by atoms with van der Waals surface area (Å²) in [5.74, 6) is 0. The van der Waals surface area contributed by atoms with E-state index in [4.69, 9.17) is 5.26 Å². The fourth-order valence-electron chi connectivity index (χ4n) is 1.03. The number of imidazole rings is 1. The summed E-state index contributed by atoms with van der Waals surface area (Å²) in [6.45, 7) is 0. The molecule has 0 N–H and O–H groups in total. The molecular weight excluding hydrogens is 170 g/mol. The normalized spacial score (nSPS) is 9.92. The van der Waals surface area contributed by atoms with Gasteiger partial charge < -0.3 is 0 Å². The van der Waals surface area contributed by atoms with E-state index >= 15 is 0 Å². The second-order valence-electron chi connectivity index (χ2n) is 2.22. The average molecular weight is 175 g/mol. The molecule has 0 spiro atoms. The third-order valence-corrected chi connectivity index (χ3v) is 2.14. The van der Waals surface area contributed by atoms with Gasteiger partial charge in [0, 0.05) is 18.0 Å². The summed E-state index contributed by atoms with van der Waals surface area (Å²) in [5.41, 5.74) is 0.871. The van der Waals surface area contributed by atoms with Crippen molar-refractivity contribution in [2.24, 2.45) is 0 Å². The van der Waals surface area contributed by atoms with Gasteiger partial charge in [-0.1, -0.05) is 6.07 Å². The quantitative estimate of drug-likeness (QED) is 0.491. The summed E-state index contributed by atoms with van der Waals surface area (Å²) in [6, 6.07) is 5.74. The Kier molecular flexibility index (Phi) is 1.72. The molecule has 0 saturated heterocycles. The van der Waals surface area contributed by atoms with E-state index in [0.29, 0.717) is 0 Å². The standard InChI is InChI=1S/C8H5N3S/c9-6-12-8-5-10-7-3-1-2-4-11(7)8/h1-5H. The van der Waals surface area contributed by atoms with Crippen molar-refractivity contribution in [3.63, 3.8) is 0 Å². The predicted molar refractivity (Wildman–Crippen MR) is 46.7 cm³/mol. The van der Waals surface area contributed by atoms with Crippen LogP contribution in [0.5, 0.6) is 0 Å². The third-order valence-electron chi connectivity index (χ3n) is 1.53. The molecule has 0 atom stereocenters. The molecule has 2 rings (SSSR count). The van der Waals surface area contributed by atoms with Crippen LogP contribution in [-0.4, -0.2) is 9.38 Å². The first kappa shape index (κ1) is 7.19. The minimum atomic E-state index is 0.855. The Morgan fingerprint density at radius 2 is 2.42 bits per heavy atom. The highest BCUT2D eigenvalue weighted by atomic mass is 32.2. The van der Waals surface area contributed by atoms with Gasteiger partial charge in [0.2, 0.25) is 0 Å². The molecule has 2 heterocycles. The molecule has 2 aromatic rings. The summed E-state index contributed by atoms with van der Waals surface area (Å²) in [4.78, 5) is 4.13. The van der Waals surface area contributed by atoms with Crippen molar-refractivity contribution in [3.8, 4) is 5.40 Å². The van der Waals surface area contributed by atoms with Gasteiger partial charge in [-0.25, -0.2) is 4.98 Å². The lowest BCUT2D eigenvalue weighted by atomic mass is 10.5. The Labute approximate surface area is 73.6 Å². The zero-order valence-electron chi connectivity index (χ0n) is 6.14. The predicted octanol–water partition coefficient (Wildman–Crippen LogP) is 1.91. The van der Waals surface area contributed by atoms with Crippen LogP contribution in [0, 0.1) is 10.7 Å². The number of hydrogen-bond acceptors (Lipinski definition) is 3. The summed E-state index contributed by atoms with van der Waals surface area (Å²) >= 11 is 1.12. The zero-order valence-corrected chi connectivity index (χ0v) is 6.95. The molecule has 0 aromatic carbocycles. The van der Waals surface area contributed by atoms with Gasteiger partial charge in [-0.3, -0.25) is 4.40 Å². The van der Waals surface area contributed by atoms with Crippen LogP contribution in [0.25, 0.3) is 5.65 Å². The van der Waals surface area contributed by atoms with E-state index in [9.17, 15) is 0 Å². The number of pyridine rings is 1. The molecule has 12 heavy (non-hydrogen) atoms. The molecule has 0 aliphatic heterocycles. The molecule has 2 aromatic heterocycles. The lowest BCUT2D eigenvalue weighted by molar-refractivity contribution is 1.05. The van der Waals surface area contributed by atoms with Crippen LogP contribution in [-0.2, 0) is 0 Å². The second kappa shape index (κ2) is 2.88. The minimum absolute atomic E-state index is 0.855. The van der Waals surface area contributed by atoms with Crippen LogP contribution in [0.3, 0.4) is 0 Å². The van der Waals surface area contributed by atoms with Crippen LogP contribution in [0.15, 0.2) is 35.6 Å². The Hall–Kier alpha value is -1.47. The Morgan fingerprint density at radius 1 is 1.50 bits per heavy atom. The van der Waals surface area contributed by atoms with Crippen molar-refractivity contribution in [1.29, 1.82) is 5.26 Å². The number of aromatic nitrogens is 2. The topological polar surface area (TPSA) is 41.1 Å². The highest BCUT2D eigenvalue weighted by molar-refractivity contribution is 8.03. The van der Waals surface area contributed by atoms with Gasteiger partial charge in [-0.15, -0.1) is 0 Å². The van der Waals surface area contributed by atoms with Crippen molar-refractivity contribution < 1.29 is 0 Å². The molecule has 0 unspecified atom stereocenters. The fraction of sp³-hybridized carbons (Fsp3) is 0. The monoisotopic (exact) mass is 175 g/mol. The van der Waals surface area contributed by atoms with Crippen LogP contribution in [0.1, 0.15) is 0 Å². The maximum Gasteiger partial charge on any atom is 0.140 e. The number of thioether (sulfide) groups is 1. The van der Waals surface area contributed by atoms with Crippen molar-refractivity contribution in [2.75, 3.05) is 0 Å². The molecule has 3 nitrogen and oxygen atoms in total. The number of fused-ring (bicyclic) bond motifs is 1. The Bertz CT molecular complexity index is 441. The molecule has 0 saturated carbocycles. The van der Waals surface area contributed by atoms with Gasteiger partial charge in [0.05, 0.1) is 6.20 Å². The average Bonchev–Trinajstić information content (AvgIpc) is 2.50. The van der Waals surface area contributed by atoms with Crippen molar-refractivity contribution in [3.05, 3.63) is 30.6 Å². The summed E-state index contributed by atoms with van der Waals surface area (Å²) < 4.78 is 1.88. The van der Waals surface area contributed by atoms with Crippen LogP contribution >= 0.6 is 11.8 Å². The summed E-state index contributed by atoms with van der Waals surface area (Å²) in [6.07, 6.45) is 3.59. The summed E-state index contributed by atoms with van der Waals surface area (Å²) in [7, 11) is 0. The number of nitrogens with zero attached hydrogens (tertiary/aromatic N) is 3. The lowest BCUT2D eigenvalue weighted by Gasteiger charge is -1.93.